The molecule has 2 aromatic carbocycles. The number of fused-ring (bicyclic) bond motifs is 4. The molecule has 3 aromatic rings. The van der Waals surface area contributed by atoms with Crippen LogP contribution >= 0.6 is 11.6 Å². The molecular weight excluding hydrogens is 278 g/mol. The Morgan fingerprint density at radius 1 is 1.05 bits per heavy atom. The number of aryl methyl sites for hydroxylation is 3. The van der Waals surface area contributed by atoms with E-state index in [2.05, 4.69) is 32.0 Å². The number of hydrogen-bond donors (Lipinski definition) is 0. The monoisotopic (exact) mass is 293 g/mol. The van der Waals surface area contributed by atoms with Crippen molar-refractivity contribution in [3.63, 3.8) is 0 Å². The first-order valence-electron chi connectivity index (χ1n) is 7.32. The van der Waals surface area contributed by atoms with E-state index in [-0.39, 0.29) is 0 Å². The van der Waals surface area contributed by atoms with Crippen LogP contribution in [0, 0.1) is 13.8 Å². The molecule has 0 radical (unpaired) electrons. The van der Waals surface area contributed by atoms with Gasteiger partial charge in [0.25, 0.3) is 0 Å². The summed E-state index contributed by atoms with van der Waals surface area (Å²) in [5.74, 6) is 0. The standard InChI is InChI=1S/C19H16ClN/c1-11-8-12(2)14-7-6-13-10-16-17(20)4-3-5-18(16)21-19(13)15(14)9-11/h3-5,8-10H,6-7H2,1-2H3. The summed E-state index contributed by atoms with van der Waals surface area (Å²) < 4.78 is 0. The topological polar surface area (TPSA) is 12.9 Å². The lowest BCUT2D eigenvalue weighted by atomic mass is 9.85. The first-order valence-corrected chi connectivity index (χ1v) is 7.70. The van der Waals surface area contributed by atoms with Crippen molar-refractivity contribution in [2.24, 2.45) is 0 Å². The van der Waals surface area contributed by atoms with Gasteiger partial charge in [0.05, 0.1) is 11.2 Å². The second-order valence-electron chi connectivity index (χ2n) is 5.91. The van der Waals surface area contributed by atoms with Gasteiger partial charge in [-0.05, 0) is 67.6 Å². The minimum Gasteiger partial charge on any atom is -0.247 e. The van der Waals surface area contributed by atoms with E-state index >= 15 is 0 Å². The molecule has 0 unspecified atom stereocenters. The predicted molar refractivity (Wildman–Crippen MR) is 89.1 cm³/mol. The number of benzene rings is 2. The number of halogens is 1. The van der Waals surface area contributed by atoms with Gasteiger partial charge >= 0.3 is 0 Å². The predicted octanol–water partition coefficient (Wildman–Crippen LogP) is 5.27. The molecular formula is C19H16ClN. The molecule has 0 amide bonds. The molecule has 21 heavy (non-hydrogen) atoms. The second kappa shape index (κ2) is 4.57. The average molecular weight is 294 g/mol. The summed E-state index contributed by atoms with van der Waals surface area (Å²) in [7, 11) is 0. The zero-order valence-electron chi connectivity index (χ0n) is 12.2. The molecule has 1 aromatic heterocycles. The van der Waals surface area contributed by atoms with Crippen LogP contribution in [0.4, 0.5) is 0 Å². The third kappa shape index (κ3) is 1.96. The molecule has 2 heteroatoms. The molecule has 0 spiro atoms. The van der Waals surface area contributed by atoms with Crippen molar-refractivity contribution in [2.75, 3.05) is 0 Å². The molecule has 0 atom stereocenters. The molecule has 1 aliphatic rings. The van der Waals surface area contributed by atoms with Gasteiger partial charge in [0.1, 0.15) is 0 Å². The lowest BCUT2D eigenvalue weighted by Crippen LogP contribution is -2.08. The highest BCUT2D eigenvalue weighted by molar-refractivity contribution is 6.35. The molecule has 1 nitrogen and oxygen atoms in total. The number of rotatable bonds is 0. The van der Waals surface area contributed by atoms with Crippen LogP contribution in [0.5, 0.6) is 0 Å². The van der Waals surface area contributed by atoms with Crippen molar-refractivity contribution in [1.29, 1.82) is 0 Å². The molecule has 1 heterocycles. The van der Waals surface area contributed by atoms with Crippen LogP contribution in [0.1, 0.15) is 22.3 Å². The fourth-order valence-corrected chi connectivity index (χ4v) is 3.65. The van der Waals surface area contributed by atoms with Crippen LogP contribution in [-0.4, -0.2) is 4.98 Å². The van der Waals surface area contributed by atoms with E-state index in [0.29, 0.717) is 0 Å². The summed E-state index contributed by atoms with van der Waals surface area (Å²) in [6, 6.07) is 12.7. The smallest absolute Gasteiger partial charge is 0.0744 e. The SMILES string of the molecule is Cc1cc(C)c2c(c1)-c1nc3cccc(Cl)c3cc1CC2. The fourth-order valence-electron chi connectivity index (χ4n) is 3.42. The lowest BCUT2D eigenvalue weighted by molar-refractivity contribution is 0.921. The van der Waals surface area contributed by atoms with E-state index in [4.69, 9.17) is 16.6 Å². The van der Waals surface area contributed by atoms with Gasteiger partial charge in [0.15, 0.2) is 0 Å². The van der Waals surface area contributed by atoms with Crippen molar-refractivity contribution >= 4 is 22.5 Å². The van der Waals surface area contributed by atoms with Crippen molar-refractivity contribution in [1.82, 2.24) is 4.98 Å². The minimum atomic E-state index is 0.786. The van der Waals surface area contributed by atoms with E-state index in [0.717, 1.165) is 34.5 Å². The van der Waals surface area contributed by atoms with Gasteiger partial charge in [-0.1, -0.05) is 29.3 Å². The van der Waals surface area contributed by atoms with E-state index < -0.39 is 0 Å². The maximum absolute atomic E-state index is 6.31. The van der Waals surface area contributed by atoms with E-state index in [9.17, 15) is 0 Å². The zero-order valence-corrected chi connectivity index (χ0v) is 13.0. The van der Waals surface area contributed by atoms with E-state index in [1.54, 1.807) is 0 Å². The molecule has 0 saturated heterocycles. The number of aromatic nitrogens is 1. The van der Waals surface area contributed by atoms with Crippen molar-refractivity contribution in [2.45, 2.75) is 26.7 Å². The van der Waals surface area contributed by atoms with Gasteiger partial charge in [-0.2, -0.15) is 0 Å². The number of pyridine rings is 1. The summed E-state index contributed by atoms with van der Waals surface area (Å²) in [5.41, 5.74) is 8.85. The Kier molecular flexibility index (Phi) is 2.80. The van der Waals surface area contributed by atoms with Gasteiger partial charge in [0.2, 0.25) is 0 Å². The number of nitrogens with zero attached hydrogens (tertiary/aromatic N) is 1. The third-order valence-electron chi connectivity index (χ3n) is 4.40. The Labute approximate surface area is 129 Å². The Morgan fingerprint density at radius 2 is 1.90 bits per heavy atom. The average Bonchev–Trinajstić information content (AvgIpc) is 2.46. The van der Waals surface area contributed by atoms with Crippen LogP contribution < -0.4 is 0 Å². The summed E-state index contributed by atoms with van der Waals surface area (Å²) >= 11 is 6.31. The van der Waals surface area contributed by atoms with Crippen LogP contribution in [0.2, 0.25) is 5.02 Å². The molecule has 0 saturated carbocycles. The van der Waals surface area contributed by atoms with Crippen molar-refractivity contribution in [3.8, 4) is 11.3 Å². The zero-order chi connectivity index (χ0) is 14.6. The fraction of sp³-hybridized carbons (Fsp3) is 0.211. The molecule has 0 N–H and O–H groups in total. The van der Waals surface area contributed by atoms with Crippen LogP contribution in [0.25, 0.3) is 22.2 Å². The molecule has 0 bridgehead atoms. The third-order valence-corrected chi connectivity index (χ3v) is 4.73. The summed E-state index contributed by atoms with van der Waals surface area (Å²) in [6.07, 6.45) is 2.13. The summed E-state index contributed by atoms with van der Waals surface area (Å²) in [5, 5.41) is 1.85. The Morgan fingerprint density at radius 3 is 2.76 bits per heavy atom. The molecule has 104 valence electrons. The highest BCUT2D eigenvalue weighted by Crippen LogP contribution is 2.37. The Hall–Kier alpha value is -1.86. The second-order valence-corrected chi connectivity index (χ2v) is 6.32. The first-order chi connectivity index (χ1) is 10.1. The summed E-state index contributed by atoms with van der Waals surface area (Å²) in [6.45, 7) is 4.36. The maximum Gasteiger partial charge on any atom is 0.0744 e. The van der Waals surface area contributed by atoms with E-state index in [1.165, 1.54) is 27.8 Å². The largest absolute Gasteiger partial charge is 0.247 e. The van der Waals surface area contributed by atoms with Gasteiger partial charge < -0.3 is 0 Å². The normalized spacial score (nSPS) is 13.1. The highest BCUT2D eigenvalue weighted by atomic mass is 35.5. The van der Waals surface area contributed by atoms with Crippen molar-refractivity contribution in [3.05, 3.63) is 63.7 Å². The van der Waals surface area contributed by atoms with Gasteiger partial charge in [-0.15, -0.1) is 0 Å². The quantitative estimate of drug-likeness (QED) is 0.550. The van der Waals surface area contributed by atoms with Crippen LogP contribution in [0.3, 0.4) is 0 Å². The molecule has 4 rings (SSSR count). The van der Waals surface area contributed by atoms with E-state index in [1.807, 2.05) is 18.2 Å². The lowest BCUT2D eigenvalue weighted by Gasteiger charge is -2.22. The highest BCUT2D eigenvalue weighted by Gasteiger charge is 2.20. The van der Waals surface area contributed by atoms with Gasteiger partial charge in [-0.25, -0.2) is 4.98 Å². The van der Waals surface area contributed by atoms with Crippen LogP contribution in [-0.2, 0) is 12.8 Å². The Bertz CT molecular complexity index is 880. The Balaban J connectivity index is 2.06. The van der Waals surface area contributed by atoms with Gasteiger partial charge in [0, 0.05) is 16.0 Å². The van der Waals surface area contributed by atoms with Crippen molar-refractivity contribution < 1.29 is 0 Å². The molecule has 0 aliphatic heterocycles. The van der Waals surface area contributed by atoms with Gasteiger partial charge in [-0.3, -0.25) is 0 Å². The maximum atomic E-state index is 6.31. The first kappa shape index (κ1) is 12.8. The summed E-state index contributed by atoms with van der Waals surface area (Å²) in [4.78, 5) is 4.92. The molecule has 0 fully saturated rings. The number of hydrogen-bond acceptors (Lipinski definition) is 1. The molecule has 1 aliphatic carbocycles. The minimum absolute atomic E-state index is 0.786. The van der Waals surface area contributed by atoms with Crippen LogP contribution in [0.15, 0.2) is 36.4 Å².